The van der Waals surface area contributed by atoms with Crippen LogP contribution in [-0.4, -0.2) is 19.2 Å². The SMILES string of the molecule is O=C(CCNc1ccc2c(c1)OCO2)Nc1ccccc1C(F)(F)F. The van der Waals surface area contributed by atoms with Crippen molar-refractivity contribution in [2.24, 2.45) is 0 Å². The molecule has 1 amide bonds. The molecule has 5 nitrogen and oxygen atoms in total. The van der Waals surface area contributed by atoms with E-state index in [-0.39, 0.29) is 25.4 Å². The molecule has 2 aromatic carbocycles. The van der Waals surface area contributed by atoms with E-state index in [1.54, 1.807) is 18.2 Å². The van der Waals surface area contributed by atoms with Crippen LogP contribution >= 0.6 is 0 Å². The number of para-hydroxylation sites is 1. The van der Waals surface area contributed by atoms with E-state index >= 15 is 0 Å². The molecule has 2 aromatic rings. The van der Waals surface area contributed by atoms with Crippen LogP contribution in [0.4, 0.5) is 24.5 Å². The van der Waals surface area contributed by atoms with Crippen molar-refractivity contribution in [1.82, 2.24) is 0 Å². The van der Waals surface area contributed by atoms with Gasteiger partial charge in [-0.3, -0.25) is 4.79 Å². The highest BCUT2D eigenvalue weighted by molar-refractivity contribution is 5.91. The maximum Gasteiger partial charge on any atom is 0.418 e. The Morgan fingerprint density at radius 2 is 1.84 bits per heavy atom. The monoisotopic (exact) mass is 352 g/mol. The minimum atomic E-state index is -4.52. The van der Waals surface area contributed by atoms with Crippen LogP contribution in [0.2, 0.25) is 0 Å². The molecule has 25 heavy (non-hydrogen) atoms. The van der Waals surface area contributed by atoms with Crippen molar-refractivity contribution < 1.29 is 27.4 Å². The molecule has 0 aliphatic carbocycles. The van der Waals surface area contributed by atoms with Crippen molar-refractivity contribution >= 4 is 17.3 Å². The van der Waals surface area contributed by atoms with Gasteiger partial charge in [0, 0.05) is 24.7 Å². The summed E-state index contributed by atoms with van der Waals surface area (Å²) in [5, 5.41) is 5.32. The molecule has 1 aliphatic heterocycles. The summed E-state index contributed by atoms with van der Waals surface area (Å²) < 4.78 is 49.1. The Labute approximate surface area is 141 Å². The molecule has 0 radical (unpaired) electrons. The van der Waals surface area contributed by atoms with Gasteiger partial charge in [0.1, 0.15) is 0 Å². The number of alkyl halides is 3. The van der Waals surface area contributed by atoms with Gasteiger partial charge in [0.25, 0.3) is 0 Å². The van der Waals surface area contributed by atoms with E-state index in [1.807, 2.05) is 0 Å². The van der Waals surface area contributed by atoms with Crippen LogP contribution in [0.15, 0.2) is 42.5 Å². The van der Waals surface area contributed by atoms with E-state index in [1.165, 1.54) is 18.2 Å². The predicted octanol–water partition coefficient (Wildman–Crippen LogP) is 3.87. The number of ether oxygens (including phenoxy) is 2. The lowest BCUT2D eigenvalue weighted by Crippen LogP contribution is -2.19. The third-order valence-electron chi connectivity index (χ3n) is 3.56. The Balaban J connectivity index is 1.54. The number of anilines is 2. The highest BCUT2D eigenvalue weighted by atomic mass is 19.4. The summed E-state index contributed by atoms with van der Waals surface area (Å²) in [4.78, 5) is 11.9. The highest BCUT2D eigenvalue weighted by Gasteiger charge is 2.33. The Morgan fingerprint density at radius 3 is 2.64 bits per heavy atom. The molecule has 0 saturated carbocycles. The Bertz CT molecular complexity index is 778. The van der Waals surface area contributed by atoms with Crippen LogP contribution in [0.25, 0.3) is 0 Å². The number of carbonyl (C=O) groups is 1. The number of benzene rings is 2. The van der Waals surface area contributed by atoms with Gasteiger partial charge in [-0.2, -0.15) is 13.2 Å². The molecule has 0 saturated heterocycles. The zero-order chi connectivity index (χ0) is 17.9. The number of carbonyl (C=O) groups excluding carboxylic acids is 1. The maximum atomic E-state index is 12.9. The minimum absolute atomic E-state index is 0.0145. The Hall–Kier alpha value is -2.90. The summed E-state index contributed by atoms with van der Waals surface area (Å²) in [6.07, 6.45) is -4.50. The zero-order valence-electron chi connectivity index (χ0n) is 13.0. The maximum absolute atomic E-state index is 12.9. The van der Waals surface area contributed by atoms with Crippen molar-refractivity contribution in [3.05, 3.63) is 48.0 Å². The summed E-state index contributed by atoms with van der Waals surface area (Å²) in [7, 11) is 0. The van der Waals surface area contributed by atoms with Crippen LogP contribution in [-0.2, 0) is 11.0 Å². The first-order valence-corrected chi connectivity index (χ1v) is 7.53. The summed E-state index contributed by atoms with van der Waals surface area (Å²) >= 11 is 0. The first kappa shape index (κ1) is 16.9. The molecule has 2 N–H and O–H groups in total. The molecule has 0 bridgehead atoms. The average Bonchev–Trinajstić information content (AvgIpc) is 3.02. The second kappa shape index (κ2) is 6.92. The van der Waals surface area contributed by atoms with E-state index in [0.29, 0.717) is 11.5 Å². The lowest BCUT2D eigenvalue weighted by molar-refractivity contribution is -0.137. The van der Waals surface area contributed by atoms with E-state index in [0.717, 1.165) is 11.8 Å². The number of halogens is 3. The number of rotatable bonds is 5. The van der Waals surface area contributed by atoms with Crippen molar-refractivity contribution in [2.45, 2.75) is 12.6 Å². The summed E-state index contributed by atoms with van der Waals surface area (Å²) in [5.41, 5.74) is -0.386. The molecular formula is C17H15F3N2O3. The van der Waals surface area contributed by atoms with Crippen LogP contribution in [0.3, 0.4) is 0 Å². The van der Waals surface area contributed by atoms with Gasteiger partial charge in [0.2, 0.25) is 12.7 Å². The zero-order valence-corrected chi connectivity index (χ0v) is 13.0. The predicted molar refractivity (Wildman–Crippen MR) is 85.7 cm³/mol. The van der Waals surface area contributed by atoms with Crippen molar-refractivity contribution in [3.63, 3.8) is 0 Å². The second-order valence-corrected chi connectivity index (χ2v) is 5.34. The molecule has 0 spiro atoms. The standard InChI is InChI=1S/C17H15F3N2O3/c18-17(19,20)12-3-1-2-4-13(12)22-16(23)7-8-21-11-5-6-14-15(9-11)25-10-24-14/h1-6,9,21H,7-8,10H2,(H,22,23). The summed E-state index contributed by atoms with van der Waals surface area (Å²) in [5.74, 6) is 0.741. The van der Waals surface area contributed by atoms with Gasteiger partial charge in [0.15, 0.2) is 11.5 Å². The quantitative estimate of drug-likeness (QED) is 0.858. The lowest BCUT2D eigenvalue weighted by atomic mass is 10.1. The van der Waals surface area contributed by atoms with Gasteiger partial charge in [-0.15, -0.1) is 0 Å². The fourth-order valence-corrected chi connectivity index (χ4v) is 2.38. The molecule has 8 heteroatoms. The molecule has 1 heterocycles. The Morgan fingerprint density at radius 1 is 1.08 bits per heavy atom. The first-order chi connectivity index (χ1) is 11.9. The van der Waals surface area contributed by atoms with Crippen LogP contribution in [0.1, 0.15) is 12.0 Å². The molecular weight excluding hydrogens is 337 g/mol. The number of hydrogen-bond donors (Lipinski definition) is 2. The van der Waals surface area contributed by atoms with Gasteiger partial charge in [-0.25, -0.2) is 0 Å². The molecule has 0 unspecified atom stereocenters. The van der Waals surface area contributed by atoms with Gasteiger partial charge < -0.3 is 20.1 Å². The van der Waals surface area contributed by atoms with Gasteiger partial charge in [0.05, 0.1) is 11.3 Å². The van der Waals surface area contributed by atoms with Crippen LogP contribution < -0.4 is 20.1 Å². The molecule has 132 valence electrons. The Kier molecular flexibility index (Phi) is 4.69. The van der Waals surface area contributed by atoms with Gasteiger partial charge in [-0.1, -0.05) is 12.1 Å². The molecule has 1 aliphatic rings. The molecule has 3 rings (SSSR count). The highest BCUT2D eigenvalue weighted by Crippen LogP contribution is 2.35. The van der Waals surface area contributed by atoms with Crippen LogP contribution in [0, 0.1) is 0 Å². The largest absolute Gasteiger partial charge is 0.454 e. The third kappa shape index (κ3) is 4.14. The second-order valence-electron chi connectivity index (χ2n) is 5.34. The van der Waals surface area contributed by atoms with E-state index in [9.17, 15) is 18.0 Å². The van der Waals surface area contributed by atoms with Crippen LogP contribution in [0.5, 0.6) is 11.5 Å². The van der Waals surface area contributed by atoms with E-state index in [4.69, 9.17) is 9.47 Å². The molecule has 0 fully saturated rings. The van der Waals surface area contributed by atoms with Crippen molar-refractivity contribution in [1.29, 1.82) is 0 Å². The molecule has 0 atom stereocenters. The number of hydrogen-bond acceptors (Lipinski definition) is 4. The normalized spacial score (nSPS) is 12.8. The summed E-state index contributed by atoms with van der Waals surface area (Å²) in [6.45, 7) is 0.430. The van der Waals surface area contributed by atoms with Crippen molar-refractivity contribution in [2.75, 3.05) is 24.0 Å². The average molecular weight is 352 g/mol. The molecule has 0 aromatic heterocycles. The number of amides is 1. The third-order valence-corrected chi connectivity index (χ3v) is 3.56. The first-order valence-electron chi connectivity index (χ1n) is 7.53. The number of fused-ring (bicyclic) bond motifs is 1. The van der Waals surface area contributed by atoms with Gasteiger partial charge >= 0.3 is 6.18 Å². The fourth-order valence-electron chi connectivity index (χ4n) is 2.38. The van der Waals surface area contributed by atoms with E-state index in [2.05, 4.69) is 10.6 Å². The summed E-state index contributed by atoms with van der Waals surface area (Å²) in [6, 6.07) is 10.1. The lowest BCUT2D eigenvalue weighted by Gasteiger charge is -2.13. The smallest absolute Gasteiger partial charge is 0.418 e. The number of nitrogens with one attached hydrogen (secondary N) is 2. The topological polar surface area (TPSA) is 59.6 Å². The minimum Gasteiger partial charge on any atom is -0.454 e. The van der Waals surface area contributed by atoms with Crippen molar-refractivity contribution in [3.8, 4) is 11.5 Å². The van der Waals surface area contributed by atoms with Gasteiger partial charge in [-0.05, 0) is 24.3 Å². The van der Waals surface area contributed by atoms with E-state index < -0.39 is 17.6 Å². The fraction of sp³-hybridized carbons (Fsp3) is 0.235.